The summed E-state index contributed by atoms with van der Waals surface area (Å²) in [7, 11) is 0. The van der Waals surface area contributed by atoms with Crippen LogP contribution in [0.3, 0.4) is 0 Å². The van der Waals surface area contributed by atoms with Crippen LogP contribution in [-0.2, 0) is 11.4 Å². The zero-order valence-corrected chi connectivity index (χ0v) is 7.87. The minimum absolute atomic E-state index is 0.415. The fourth-order valence-electron chi connectivity index (χ4n) is 0.972. The van der Waals surface area contributed by atoms with Crippen molar-refractivity contribution >= 4 is 5.82 Å². The van der Waals surface area contributed by atoms with Crippen LogP contribution in [-0.4, -0.2) is 20.4 Å². The quantitative estimate of drug-likeness (QED) is 0.741. The molecular formula is C9H9N5O. The monoisotopic (exact) mass is 203 g/mol. The van der Waals surface area contributed by atoms with Crippen LogP contribution < -0.4 is 5.48 Å². The predicted molar refractivity (Wildman–Crippen MR) is 52.5 cm³/mol. The van der Waals surface area contributed by atoms with Crippen molar-refractivity contribution in [3.8, 4) is 0 Å². The first-order valence-corrected chi connectivity index (χ1v) is 4.36. The molecule has 0 saturated carbocycles. The largest absolute Gasteiger partial charge is 0.270 e. The van der Waals surface area contributed by atoms with Crippen LogP contribution >= 0.6 is 0 Å². The third-order valence-electron chi connectivity index (χ3n) is 1.64. The average molecular weight is 203 g/mol. The first-order chi connectivity index (χ1) is 7.45. The Labute approximate surface area is 86.3 Å². The van der Waals surface area contributed by atoms with Crippen molar-refractivity contribution in [3.63, 3.8) is 0 Å². The summed E-state index contributed by atoms with van der Waals surface area (Å²) in [5.74, 6) is 0.522. The number of hydrogen-bond donors (Lipinski definition) is 1. The van der Waals surface area contributed by atoms with Gasteiger partial charge in [0.2, 0.25) is 0 Å². The smallest absolute Gasteiger partial charge is 0.175 e. The van der Waals surface area contributed by atoms with Crippen LogP contribution in [0, 0.1) is 0 Å². The lowest BCUT2D eigenvalue weighted by Gasteiger charge is -2.04. The molecule has 6 nitrogen and oxygen atoms in total. The molecule has 6 heteroatoms. The van der Waals surface area contributed by atoms with E-state index < -0.39 is 0 Å². The molecule has 2 heterocycles. The van der Waals surface area contributed by atoms with Crippen molar-refractivity contribution in [1.29, 1.82) is 0 Å². The van der Waals surface area contributed by atoms with Crippen molar-refractivity contribution in [2.75, 3.05) is 5.48 Å². The number of pyridine rings is 1. The molecule has 0 fully saturated rings. The van der Waals surface area contributed by atoms with Crippen LogP contribution in [0.15, 0.2) is 36.8 Å². The molecular weight excluding hydrogens is 194 g/mol. The minimum atomic E-state index is 0.415. The van der Waals surface area contributed by atoms with Crippen molar-refractivity contribution < 1.29 is 4.84 Å². The SMILES string of the molecule is c1cncc(CONc2ccnnn2)c1. The highest BCUT2D eigenvalue weighted by Gasteiger charge is 1.94. The normalized spacial score (nSPS) is 9.87. The Balaban J connectivity index is 1.81. The van der Waals surface area contributed by atoms with E-state index in [2.05, 4.69) is 25.9 Å². The molecule has 1 N–H and O–H groups in total. The van der Waals surface area contributed by atoms with Gasteiger partial charge in [0.05, 0.1) is 6.20 Å². The standard InChI is InChI=1S/C9H9N5O/c1-2-8(6-10-4-1)7-15-13-9-3-5-11-14-12-9/h1-6H,7H2,(H,11,12,13). The van der Waals surface area contributed by atoms with Gasteiger partial charge >= 0.3 is 0 Å². The first kappa shape index (κ1) is 9.47. The number of nitrogens with one attached hydrogen (secondary N) is 1. The molecule has 0 aliphatic carbocycles. The molecule has 0 spiro atoms. The van der Waals surface area contributed by atoms with Gasteiger partial charge < -0.3 is 0 Å². The Hall–Kier alpha value is -2.08. The van der Waals surface area contributed by atoms with E-state index in [0.29, 0.717) is 12.4 Å². The summed E-state index contributed by atoms with van der Waals surface area (Å²) in [6, 6.07) is 5.44. The predicted octanol–water partition coefficient (Wildman–Crippen LogP) is 0.810. The van der Waals surface area contributed by atoms with Crippen molar-refractivity contribution in [3.05, 3.63) is 42.4 Å². The maximum Gasteiger partial charge on any atom is 0.175 e. The third kappa shape index (κ3) is 2.96. The second-order valence-electron chi connectivity index (χ2n) is 2.76. The van der Waals surface area contributed by atoms with Crippen molar-refractivity contribution in [1.82, 2.24) is 20.4 Å². The van der Waals surface area contributed by atoms with E-state index >= 15 is 0 Å². The van der Waals surface area contributed by atoms with Crippen LogP contribution in [0.4, 0.5) is 5.82 Å². The molecule has 0 aliphatic heterocycles. The second kappa shape index (κ2) is 4.97. The number of rotatable bonds is 4. The summed E-state index contributed by atoms with van der Waals surface area (Å²) in [6.07, 6.45) is 4.98. The fourth-order valence-corrected chi connectivity index (χ4v) is 0.972. The van der Waals surface area contributed by atoms with Crippen molar-refractivity contribution in [2.45, 2.75) is 6.61 Å². The fraction of sp³-hybridized carbons (Fsp3) is 0.111. The molecule has 0 bridgehead atoms. The molecule has 2 aromatic rings. The highest BCUT2D eigenvalue weighted by Crippen LogP contribution is 2.01. The lowest BCUT2D eigenvalue weighted by Crippen LogP contribution is -2.04. The second-order valence-corrected chi connectivity index (χ2v) is 2.76. The number of aromatic nitrogens is 4. The van der Waals surface area contributed by atoms with E-state index in [0.717, 1.165) is 5.56 Å². The molecule has 76 valence electrons. The summed E-state index contributed by atoms with van der Waals surface area (Å²) in [6.45, 7) is 0.415. The molecule has 0 atom stereocenters. The average Bonchev–Trinajstić information content (AvgIpc) is 2.32. The van der Waals surface area contributed by atoms with Gasteiger partial charge in [0.1, 0.15) is 6.61 Å². The van der Waals surface area contributed by atoms with Crippen LogP contribution in [0.2, 0.25) is 0 Å². The number of nitrogens with zero attached hydrogens (tertiary/aromatic N) is 4. The highest BCUT2D eigenvalue weighted by molar-refractivity contribution is 5.26. The molecule has 0 amide bonds. The van der Waals surface area contributed by atoms with Gasteiger partial charge in [0.15, 0.2) is 5.82 Å². The van der Waals surface area contributed by atoms with E-state index in [-0.39, 0.29) is 0 Å². The Morgan fingerprint density at radius 3 is 3.00 bits per heavy atom. The van der Waals surface area contributed by atoms with Gasteiger partial charge in [-0.05, 0) is 16.8 Å². The van der Waals surface area contributed by atoms with Gasteiger partial charge in [-0.25, -0.2) is 5.48 Å². The summed E-state index contributed by atoms with van der Waals surface area (Å²) in [5.41, 5.74) is 3.63. The number of anilines is 1. The van der Waals surface area contributed by atoms with Crippen LogP contribution in [0.5, 0.6) is 0 Å². The zero-order chi connectivity index (χ0) is 10.3. The molecule has 0 aromatic carbocycles. The summed E-state index contributed by atoms with van der Waals surface area (Å²) in [5, 5.41) is 10.7. The zero-order valence-electron chi connectivity index (χ0n) is 7.87. The maximum atomic E-state index is 5.19. The summed E-state index contributed by atoms with van der Waals surface area (Å²) in [4.78, 5) is 9.15. The molecule has 2 aromatic heterocycles. The van der Waals surface area contributed by atoms with Crippen molar-refractivity contribution in [2.24, 2.45) is 0 Å². The van der Waals surface area contributed by atoms with Gasteiger partial charge in [-0.15, -0.1) is 10.2 Å². The van der Waals surface area contributed by atoms with Gasteiger partial charge in [-0.3, -0.25) is 9.82 Å². The van der Waals surface area contributed by atoms with E-state index in [4.69, 9.17) is 4.84 Å². The molecule has 0 saturated heterocycles. The lowest BCUT2D eigenvalue weighted by atomic mass is 10.3. The molecule has 15 heavy (non-hydrogen) atoms. The van der Waals surface area contributed by atoms with E-state index in [1.165, 1.54) is 6.20 Å². The molecule has 0 aliphatic rings. The van der Waals surface area contributed by atoms with E-state index in [1.807, 2.05) is 12.1 Å². The van der Waals surface area contributed by atoms with Gasteiger partial charge in [-0.1, -0.05) is 6.07 Å². The van der Waals surface area contributed by atoms with Gasteiger partial charge in [0, 0.05) is 18.5 Å². The minimum Gasteiger partial charge on any atom is -0.270 e. The Bertz CT molecular complexity index is 354. The summed E-state index contributed by atoms with van der Waals surface area (Å²) >= 11 is 0. The van der Waals surface area contributed by atoms with E-state index in [1.54, 1.807) is 18.5 Å². The van der Waals surface area contributed by atoms with E-state index in [9.17, 15) is 0 Å². The highest BCUT2D eigenvalue weighted by atomic mass is 16.6. The van der Waals surface area contributed by atoms with Crippen LogP contribution in [0.1, 0.15) is 5.56 Å². The first-order valence-electron chi connectivity index (χ1n) is 4.36. The maximum absolute atomic E-state index is 5.19. The third-order valence-corrected chi connectivity index (χ3v) is 1.64. The van der Waals surface area contributed by atoms with Crippen LogP contribution in [0.25, 0.3) is 0 Å². The van der Waals surface area contributed by atoms with Gasteiger partial charge in [-0.2, -0.15) is 0 Å². The van der Waals surface area contributed by atoms with Gasteiger partial charge in [0.25, 0.3) is 0 Å². The lowest BCUT2D eigenvalue weighted by molar-refractivity contribution is 0.178. The Morgan fingerprint density at radius 2 is 2.27 bits per heavy atom. The summed E-state index contributed by atoms with van der Waals surface area (Å²) < 4.78 is 0. The molecule has 2 rings (SSSR count). The molecule has 0 radical (unpaired) electrons. The topological polar surface area (TPSA) is 72.8 Å². The number of hydrogen-bond acceptors (Lipinski definition) is 6. The Kier molecular flexibility index (Phi) is 3.14. The molecule has 0 unspecified atom stereocenters. The Morgan fingerprint density at radius 1 is 1.27 bits per heavy atom.